The van der Waals surface area contributed by atoms with E-state index in [1.165, 1.54) is 11.1 Å². The molecule has 0 unspecified atom stereocenters. The van der Waals surface area contributed by atoms with E-state index in [-0.39, 0.29) is 6.04 Å². The molecule has 2 aromatic carbocycles. The summed E-state index contributed by atoms with van der Waals surface area (Å²) in [7, 11) is 0. The first-order valence-electron chi connectivity index (χ1n) is 8.52. The predicted octanol–water partition coefficient (Wildman–Crippen LogP) is 5.18. The molecule has 5 heteroatoms. The first kappa shape index (κ1) is 17.9. The van der Waals surface area contributed by atoms with E-state index < -0.39 is 0 Å². The highest BCUT2D eigenvalue weighted by Crippen LogP contribution is 2.17. The molecule has 3 N–H and O–H groups in total. The first-order chi connectivity index (χ1) is 12.6. The highest BCUT2D eigenvalue weighted by Gasteiger charge is 2.06. The van der Waals surface area contributed by atoms with E-state index in [9.17, 15) is 0 Å². The van der Waals surface area contributed by atoms with Gasteiger partial charge in [-0.3, -0.25) is 0 Å². The fourth-order valence-electron chi connectivity index (χ4n) is 2.52. The van der Waals surface area contributed by atoms with E-state index in [1.807, 2.05) is 42.5 Å². The molecule has 1 heterocycles. The third-order valence-corrected chi connectivity index (χ3v) is 4.21. The lowest BCUT2D eigenvalue weighted by atomic mass is 10.1. The van der Waals surface area contributed by atoms with Crippen molar-refractivity contribution in [2.75, 3.05) is 10.6 Å². The molecule has 1 aromatic heterocycles. The van der Waals surface area contributed by atoms with Crippen LogP contribution < -0.4 is 16.0 Å². The number of pyridine rings is 1. The summed E-state index contributed by atoms with van der Waals surface area (Å²) in [5, 5.41) is 10.3. The van der Waals surface area contributed by atoms with E-state index in [2.05, 4.69) is 59.0 Å². The quantitative estimate of drug-likeness (QED) is 0.546. The van der Waals surface area contributed by atoms with Crippen molar-refractivity contribution in [2.24, 2.45) is 0 Å². The molecule has 0 saturated heterocycles. The molecule has 3 aromatic rings. The zero-order valence-electron chi connectivity index (χ0n) is 14.9. The summed E-state index contributed by atoms with van der Waals surface area (Å²) in [5.74, 6) is 0.788. The first-order valence-corrected chi connectivity index (χ1v) is 8.93. The lowest BCUT2D eigenvalue weighted by Gasteiger charge is -2.17. The second kappa shape index (κ2) is 8.45. The number of aryl methyl sites for hydroxylation is 1. The van der Waals surface area contributed by atoms with Crippen LogP contribution in [0, 0.1) is 6.92 Å². The standard InChI is InChI=1S/C21H22N4S/c1-15-8-10-18(11-9-15)24-20-13-12-19(14-22-20)25-21(26)23-16(2)17-6-4-3-5-7-17/h3-14,16H,1-2H3,(H,22,24)(H2,23,25,26)/t16-/m0/s1. The molecule has 0 radical (unpaired) electrons. The summed E-state index contributed by atoms with van der Waals surface area (Å²) in [4.78, 5) is 4.43. The van der Waals surface area contributed by atoms with Crippen LogP contribution in [0.4, 0.5) is 17.2 Å². The molecule has 0 aliphatic carbocycles. The van der Waals surface area contributed by atoms with E-state index in [0.29, 0.717) is 5.11 Å². The van der Waals surface area contributed by atoms with Crippen LogP contribution in [0.3, 0.4) is 0 Å². The highest BCUT2D eigenvalue weighted by atomic mass is 32.1. The Bertz CT molecular complexity index is 845. The van der Waals surface area contributed by atoms with Crippen molar-refractivity contribution in [3.05, 3.63) is 84.1 Å². The second-order valence-electron chi connectivity index (χ2n) is 6.15. The van der Waals surface area contributed by atoms with Crippen molar-refractivity contribution in [2.45, 2.75) is 19.9 Å². The molecule has 0 spiro atoms. The maximum Gasteiger partial charge on any atom is 0.171 e. The minimum Gasteiger partial charge on any atom is -0.356 e. The van der Waals surface area contributed by atoms with Gasteiger partial charge in [-0.15, -0.1) is 0 Å². The van der Waals surface area contributed by atoms with Crippen molar-refractivity contribution in [1.82, 2.24) is 10.3 Å². The molecule has 0 aliphatic heterocycles. The van der Waals surface area contributed by atoms with Crippen LogP contribution in [0.5, 0.6) is 0 Å². The van der Waals surface area contributed by atoms with Gasteiger partial charge in [-0.1, -0.05) is 48.0 Å². The van der Waals surface area contributed by atoms with Crippen molar-refractivity contribution >= 4 is 34.5 Å². The molecule has 0 fully saturated rings. The summed E-state index contributed by atoms with van der Waals surface area (Å²) in [6, 6.07) is 22.4. The Labute approximate surface area is 159 Å². The van der Waals surface area contributed by atoms with Crippen LogP contribution in [-0.4, -0.2) is 10.1 Å². The molecule has 132 valence electrons. The normalized spacial score (nSPS) is 11.5. The molecule has 26 heavy (non-hydrogen) atoms. The van der Waals surface area contributed by atoms with E-state index >= 15 is 0 Å². The predicted molar refractivity (Wildman–Crippen MR) is 113 cm³/mol. The number of anilines is 3. The molecule has 0 bridgehead atoms. The van der Waals surface area contributed by atoms with Gasteiger partial charge in [-0.25, -0.2) is 4.98 Å². The highest BCUT2D eigenvalue weighted by molar-refractivity contribution is 7.80. The fraction of sp³-hybridized carbons (Fsp3) is 0.143. The van der Waals surface area contributed by atoms with Crippen LogP contribution in [-0.2, 0) is 0 Å². The van der Waals surface area contributed by atoms with Crippen LogP contribution >= 0.6 is 12.2 Å². The smallest absolute Gasteiger partial charge is 0.171 e. The number of hydrogen-bond acceptors (Lipinski definition) is 3. The van der Waals surface area contributed by atoms with Gasteiger partial charge in [0.15, 0.2) is 5.11 Å². The molecular formula is C21H22N4S. The Kier molecular flexibility index (Phi) is 5.81. The number of aromatic nitrogens is 1. The van der Waals surface area contributed by atoms with Crippen molar-refractivity contribution in [3.63, 3.8) is 0 Å². The fourth-order valence-corrected chi connectivity index (χ4v) is 2.81. The van der Waals surface area contributed by atoms with Gasteiger partial charge in [-0.05, 0) is 55.9 Å². The minimum atomic E-state index is 0.131. The van der Waals surface area contributed by atoms with E-state index in [1.54, 1.807) is 6.20 Å². The van der Waals surface area contributed by atoms with Crippen molar-refractivity contribution in [1.29, 1.82) is 0 Å². The van der Waals surface area contributed by atoms with Crippen LogP contribution in [0.25, 0.3) is 0 Å². The molecular weight excluding hydrogens is 340 g/mol. The van der Waals surface area contributed by atoms with Gasteiger partial charge in [0.2, 0.25) is 0 Å². The lowest BCUT2D eigenvalue weighted by Crippen LogP contribution is -2.30. The van der Waals surface area contributed by atoms with Gasteiger partial charge in [0.25, 0.3) is 0 Å². The Morgan fingerprint density at radius 1 is 0.923 bits per heavy atom. The summed E-state index contributed by atoms with van der Waals surface area (Å²) in [6.07, 6.45) is 1.76. The Balaban J connectivity index is 1.55. The molecule has 4 nitrogen and oxygen atoms in total. The number of benzene rings is 2. The van der Waals surface area contributed by atoms with Gasteiger partial charge in [-0.2, -0.15) is 0 Å². The average Bonchev–Trinajstić information content (AvgIpc) is 2.66. The van der Waals surface area contributed by atoms with E-state index in [0.717, 1.165) is 17.2 Å². The molecule has 0 aliphatic rings. The van der Waals surface area contributed by atoms with Gasteiger partial charge >= 0.3 is 0 Å². The Hall–Kier alpha value is -2.92. The number of rotatable bonds is 5. The van der Waals surface area contributed by atoms with Crippen molar-refractivity contribution < 1.29 is 0 Å². The zero-order chi connectivity index (χ0) is 18.4. The summed E-state index contributed by atoms with van der Waals surface area (Å²) < 4.78 is 0. The van der Waals surface area contributed by atoms with Gasteiger partial charge < -0.3 is 16.0 Å². The van der Waals surface area contributed by atoms with E-state index in [4.69, 9.17) is 12.2 Å². The third kappa shape index (κ3) is 5.04. The summed E-state index contributed by atoms with van der Waals surface area (Å²) >= 11 is 5.40. The van der Waals surface area contributed by atoms with Crippen LogP contribution in [0.2, 0.25) is 0 Å². The number of nitrogens with one attached hydrogen (secondary N) is 3. The topological polar surface area (TPSA) is 49.0 Å². The van der Waals surface area contributed by atoms with Crippen LogP contribution in [0.15, 0.2) is 72.9 Å². The maximum absolute atomic E-state index is 5.40. The van der Waals surface area contributed by atoms with Crippen molar-refractivity contribution in [3.8, 4) is 0 Å². The minimum absolute atomic E-state index is 0.131. The monoisotopic (exact) mass is 362 g/mol. The third-order valence-electron chi connectivity index (χ3n) is 3.99. The number of thiocarbonyl (C=S) groups is 1. The molecule has 0 saturated carbocycles. The Morgan fingerprint density at radius 3 is 2.27 bits per heavy atom. The molecule has 3 rings (SSSR count). The van der Waals surface area contributed by atoms with Gasteiger partial charge in [0.05, 0.1) is 17.9 Å². The van der Waals surface area contributed by atoms with Gasteiger partial charge in [0.1, 0.15) is 5.82 Å². The SMILES string of the molecule is Cc1ccc(Nc2ccc(NC(=S)N[C@@H](C)c3ccccc3)cn2)cc1. The number of hydrogen-bond donors (Lipinski definition) is 3. The number of nitrogens with zero attached hydrogens (tertiary/aromatic N) is 1. The van der Waals surface area contributed by atoms with Crippen LogP contribution in [0.1, 0.15) is 24.1 Å². The second-order valence-corrected chi connectivity index (χ2v) is 6.56. The molecule has 0 amide bonds. The Morgan fingerprint density at radius 2 is 1.62 bits per heavy atom. The molecule has 1 atom stereocenters. The van der Waals surface area contributed by atoms with Gasteiger partial charge in [0, 0.05) is 5.69 Å². The average molecular weight is 363 g/mol. The lowest BCUT2D eigenvalue weighted by molar-refractivity contribution is 0.722. The maximum atomic E-state index is 5.40. The zero-order valence-corrected chi connectivity index (χ0v) is 15.7. The summed E-state index contributed by atoms with van der Waals surface area (Å²) in [5.41, 5.74) is 4.27. The largest absolute Gasteiger partial charge is 0.356 e. The summed E-state index contributed by atoms with van der Waals surface area (Å²) in [6.45, 7) is 4.15.